The van der Waals surface area contributed by atoms with Gasteiger partial charge in [-0.3, -0.25) is 9.10 Å². The van der Waals surface area contributed by atoms with Crippen molar-refractivity contribution in [2.24, 2.45) is 11.3 Å². The van der Waals surface area contributed by atoms with Gasteiger partial charge >= 0.3 is 0 Å². The summed E-state index contributed by atoms with van der Waals surface area (Å²) in [5, 5.41) is 1.21. The van der Waals surface area contributed by atoms with Gasteiger partial charge in [-0.05, 0) is 79.1 Å². The highest BCUT2D eigenvalue weighted by molar-refractivity contribution is 7.92. The van der Waals surface area contributed by atoms with Crippen molar-refractivity contribution in [2.45, 2.75) is 50.6 Å². The zero-order valence-corrected chi connectivity index (χ0v) is 26.6. The van der Waals surface area contributed by atoms with Gasteiger partial charge in [0, 0.05) is 21.7 Å². The molecular weight excluding hydrogens is 601 g/mol. The smallest absolute Gasteiger partial charge is 0.232 e. The molecule has 43 heavy (non-hydrogen) atoms. The lowest BCUT2D eigenvalue weighted by atomic mass is 9.67. The van der Waals surface area contributed by atoms with Crippen LogP contribution in [-0.2, 0) is 14.8 Å². The van der Waals surface area contributed by atoms with E-state index in [-0.39, 0.29) is 30.3 Å². The van der Waals surface area contributed by atoms with Crippen LogP contribution in [-0.4, -0.2) is 38.1 Å². The first-order valence-electron chi connectivity index (χ1n) is 14.3. The van der Waals surface area contributed by atoms with Crippen LogP contribution >= 0.6 is 23.2 Å². The number of benzene rings is 3. The Balaban J connectivity index is 1.70. The molecule has 2 aliphatic rings. The fraction of sp³-hybridized carbons (Fsp3) is 0.353. The third kappa shape index (κ3) is 6.62. The lowest BCUT2D eigenvalue weighted by Crippen LogP contribution is -2.59. The van der Waals surface area contributed by atoms with Gasteiger partial charge in [0.1, 0.15) is 0 Å². The van der Waals surface area contributed by atoms with Crippen LogP contribution in [0.25, 0.3) is 4.85 Å². The first kappa shape index (κ1) is 31.1. The zero-order chi connectivity index (χ0) is 30.9. The van der Waals surface area contributed by atoms with Crippen LogP contribution in [0.4, 0.5) is 11.4 Å². The van der Waals surface area contributed by atoms with E-state index in [0.29, 0.717) is 34.3 Å². The molecule has 1 aliphatic heterocycles. The number of carbonyl (C=O) groups excluding carboxylic acids is 1. The summed E-state index contributed by atoms with van der Waals surface area (Å²) in [4.78, 5) is 20.3. The average molecular weight is 637 g/mol. The Morgan fingerprint density at radius 1 is 1.07 bits per heavy atom. The van der Waals surface area contributed by atoms with Crippen molar-refractivity contribution in [1.29, 1.82) is 0 Å². The number of anilines is 1. The van der Waals surface area contributed by atoms with E-state index in [1.165, 1.54) is 10.6 Å². The Morgan fingerprint density at radius 3 is 2.37 bits per heavy atom. The minimum atomic E-state index is -3.76. The van der Waals surface area contributed by atoms with Crippen molar-refractivity contribution in [3.8, 4) is 0 Å². The molecule has 6 nitrogen and oxygen atoms in total. The van der Waals surface area contributed by atoms with E-state index >= 15 is 0 Å². The Bertz CT molecular complexity index is 1670. The quantitative estimate of drug-likeness (QED) is 0.166. The highest BCUT2D eigenvalue weighted by Gasteiger charge is 2.54. The molecule has 0 spiro atoms. The molecule has 1 amide bonds. The molecule has 9 heteroatoms. The van der Waals surface area contributed by atoms with Crippen LogP contribution < -0.4 is 4.31 Å². The molecule has 5 rings (SSSR count). The maximum absolute atomic E-state index is 14.8. The maximum Gasteiger partial charge on any atom is 0.232 e. The van der Waals surface area contributed by atoms with Crippen LogP contribution in [0.3, 0.4) is 0 Å². The van der Waals surface area contributed by atoms with Crippen LogP contribution in [0.1, 0.15) is 55.7 Å². The Labute approximate surface area is 264 Å². The molecule has 0 aromatic heterocycles. The fourth-order valence-corrected chi connectivity index (χ4v) is 7.76. The SMILES string of the molecule is [C-]#[N+]c1cccc(N(C[C@H](C2CC2)N2C(=O)[C@@](C)(CC=C)C[C@H](c3cccc(Cl)c3)[C@H]2c2ccc(Cl)cc2)S(C)(=O)=O)c1. The van der Waals surface area contributed by atoms with E-state index < -0.39 is 21.5 Å². The normalized spacial score (nSPS) is 23.0. The van der Waals surface area contributed by atoms with E-state index in [9.17, 15) is 13.2 Å². The fourth-order valence-electron chi connectivity index (χ4n) is 6.52. The molecule has 1 aliphatic carbocycles. The standard InChI is InChI=1S/C34H35Cl2N3O3S/c1-5-18-34(2)21-30(25-8-6-9-27(36)19-25)32(24-14-16-26(35)17-15-24)39(33(34)40)31(23-12-13-23)22-38(43(4,41)42)29-11-7-10-28(20-29)37-3/h5-11,14-17,19-20,23,30-32H,1,12-13,18,21-22H2,2,4H3/t30-,31-,32-,34+/m1/s1. The molecule has 0 unspecified atom stereocenters. The lowest BCUT2D eigenvalue weighted by Gasteiger charge is -2.53. The van der Waals surface area contributed by atoms with Gasteiger partial charge in [-0.25, -0.2) is 13.3 Å². The van der Waals surface area contributed by atoms with Crippen LogP contribution in [0.2, 0.25) is 10.0 Å². The Morgan fingerprint density at radius 2 is 1.77 bits per heavy atom. The maximum atomic E-state index is 14.8. The van der Waals surface area contributed by atoms with Crippen LogP contribution in [0, 0.1) is 17.9 Å². The molecule has 4 atom stereocenters. The zero-order valence-electron chi connectivity index (χ0n) is 24.3. The second-order valence-electron chi connectivity index (χ2n) is 12.0. The average Bonchev–Trinajstić information content (AvgIpc) is 3.81. The molecule has 3 aromatic carbocycles. The summed E-state index contributed by atoms with van der Waals surface area (Å²) in [6.45, 7) is 13.5. The summed E-state index contributed by atoms with van der Waals surface area (Å²) in [6, 6.07) is 21.2. The minimum absolute atomic E-state index is 0.0223. The molecule has 2 fully saturated rings. The first-order chi connectivity index (χ1) is 20.4. The summed E-state index contributed by atoms with van der Waals surface area (Å²) < 4.78 is 28.0. The third-order valence-corrected chi connectivity index (χ3v) is 10.4. The van der Waals surface area contributed by atoms with Crippen LogP contribution in [0.5, 0.6) is 0 Å². The van der Waals surface area contributed by atoms with Crippen LogP contribution in [0.15, 0.2) is 85.5 Å². The third-order valence-electron chi connectivity index (χ3n) is 8.71. The van der Waals surface area contributed by atoms with Gasteiger partial charge in [-0.15, -0.1) is 6.58 Å². The highest BCUT2D eigenvalue weighted by Crippen LogP contribution is 2.54. The van der Waals surface area contributed by atoms with Gasteiger partial charge < -0.3 is 4.90 Å². The van der Waals surface area contributed by atoms with Crippen molar-refractivity contribution < 1.29 is 13.2 Å². The molecule has 0 bridgehead atoms. The number of halogens is 2. The van der Waals surface area contributed by atoms with Crippen molar-refractivity contribution >= 4 is 50.5 Å². The number of sulfonamides is 1. The van der Waals surface area contributed by atoms with E-state index in [1.54, 1.807) is 30.3 Å². The topological polar surface area (TPSA) is 62.1 Å². The summed E-state index contributed by atoms with van der Waals surface area (Å²) in [5.41, 5.74) is 1.94. The summed E-state index contributed by atoms with van der Waals surface area (Å²) in [6.07, 6.45) is 5.80. The highest BCUT2D eigenvalue weighted by atomic mass is 35.5. The number of piperidine rings is 1. The molecular formula is C34H35Cl2N3O3S. The summed E-state index contributed by atoms with van der Waals surface area (Å²) >= 11 is 12.8. The van der Waals surface area contributed by atoms with Gasteiger partial charge in [0.15, 0.2) is 5.69 Å². The van der Waals surface area contributed by atoms with E-state index in [2.05, 4.69) is 11.4 Å². The predicted octanol–water partition coefficient (Wildman–Crippen LogP) is 8.43. The lowest BCUT2D eigenvalue weighted by molar-refractivity contribution is -0.154. The van der Waals surface area contributed by atoms with Crippen molar-refractivity contribution in [2.75, 3.05) is 17.1 Å². The second kappa shape index (κ2) is 12.4. The number of nitrogens with zero attached hydrogens (tertiary/aromatic N) is 3. The number of amides is 1. The van der Waals surface area contributed by atoms with Crippen molar-refractivity contribution in [3.63, 3.8) is 0 Å². The summed E-state index contributed by atoms with van der Waals surface area (Å²) in [5.74, 6) is -0.0232. The van der Waals surface area contributed by atoms with Gasteiger partial charge in [-0.1, -0.05) is 72.6 Å². The van der Waals surface area contributed by atoms with Crippen molar-refractivity contribution in [3.05, 3.63) is 118 Å². The number of likely N-dealkylation sites (tertiary alicyclic amines) is 1. The van der Waals surface area contributed by atoms with Gasteiger partial charge in [0.05, 0.1) is 36.9 Å². The van der Waals surface area contributed by atoms with E-state index in [0.717, 1.165) is 24.0 Å². The van der Waals surface area contributed by atoms with E-state index in [4.69, 9.17) is 29.8 Å². The molecule has 0 N–H and O–H groups in total. The molecule has 3 aromatic rings. The molecule has 1 saturated heterocycles. The molecule has 224 valence electrons. The first-order valence-corrected chi connectivity index (χ1v) is 17.0. The molecule has 0 radical (unpaired) electrons. The number of rotatable bonds is 10. The number of carbonyl (C=O) groups is 1. The minimum Gasteiger partial charge on any atom is -0.329 e. The van der Waals surface area contributed by atoms with Crippen molar-refractivity contribution in [1.82, 2.24) is 4.90 Å². The monoisotopic (exact) mass is 635 g/mol. The van der Waals surface area contributed by atoms with Gasteiger partial charge in [-0.2, -0.15) is 0 Å². The Hall–Kier alpha value is -3.31. The second-order valence-corrected chi connectivity index (χ2v) is 14.7. The van der Waals surface area contributed by atoms with Gasteiger partial charge in [0.2, 0.25) is 15.9 Å². The number of hydrogen-bond acceptors (Lipinski definition) is 3. The molecule has 1 heterocycles. The Kier molecular flexibility index (Phi) is 8.94. The van der Waals surface area contributed by atoms with Gasteiger partial charge in [0.25, 0.3) is 0 Å². The van der Waals surface area contributed by atoms with E-state index in [1.807, 2.05) is 60.4 Å². The largest absolute Gasteiger partial charge is 0.329 e. The number of hydrogen-bond donors (Lipinski definition) is 0. The molecule has 1 saturated carbocycles. The predicted molar refractivity (Wildman–Crippen MR) is 174 cm³/mol. The number of allylic oxidation sites excluding steroid dienone is 1. The summed E-state index contributed by atoms with van der Waals surface area (Å²) in [7, 11) is -3.76.